The molecule has 8 heteroatoms. The first-order chi connectivity index (χ1) is 9.13. The van der Waals surface area contributed by atoms with Gasteiger partial charge in [-0.1, -0.05) is 0 Å². The minimum atomic E-state index is -1.17. The lowest BCUT2D eigenvalue weighted by Gasteiger charge is -2.16. The molecule has 2 aromatic heterocycles. The highest BCUT2D eigenvalue weighted by molar-refractivity contribution is 5.83. The molecule has 2 aromatic rings. The zero-order valence-corrected chi connectivity index (χ0v) is 9.92. The van der Waals surface area contributed by atoms with Gasteiger partial charge >= 0.3 is 0 Å². The van der Waals surface area contributed by atoms with Crippen molar-refractivity contribution in [1.82, 2.24) is 14.5 Å². The summed E-state index contributed by atoms with van der Waals surface area (Å²) in [7, 11) is 0. The van der Waals surface area contributed by atoms with E-state index in [1.165, 1.54) is 17.1 Å². The third kappa shape index (κ3) is 1.77. The van der Waals surface area contributed by atoms with Crippen LogP contribution in [0.15, 0.2) is 18.6 Å². The van der Waals surface area contributed by atoms with Gasteiger partial charge in [0.25, 0.3) is 0 Å². The van der Waals surface area contributed by atoms with E-state index in [-0.39, 0.29) is 6.61 Å². The first kappa shape index (κ1) is 12.3. The molecule has 3 heterocycles. The largest absolute Gasteiger partial charge is 0.397 e. The molecule has 0 saturated carbocycles. The molecule has 1 fully saturated rings. The molecule has 0 spiro atoms. The van der Waals surface area contributed by atoms with E-state index in [1.807, 2.05) is 0 Å². The van der Waals surface area contributed by atoms with Gasteiger partial charge in [0.2, 0.25) is 0 Å². The zero-order valence-electron chi connectivity index (χ0n) is 9.92. The fourth-order valence-corrected chi connectivity index (χ4v) is 2.25. The fraction of sp³-hybridized carbons (Fsp3) is 0.455. The van der Waals surface area contributed by atoms with E-state index in [2.05, 4.69) is 9.97 Å². The van der Waals surface area contributed by atoms with E-state index in [9.17, 15) is 10.2 Å². The van der Waals surface area contributed by atoms with E-state index in [4.69, 9.17) is 15.6 Å². The Kier molecular flexibility index (Phi) is 2.86. The number of pyridine rings is 1. The molecule has 1 aliphatic heterocycles. The summed E-state index contributed by atoms with van der Waals surface area (Å²) in [6.07, 6.45) is -1.05. The van der Waals surface area contributed by atoms with E-state index < -0.39 is 24.5 Å². The van der Waals surface area contributed by atoms with E-state index in [0.29, 0.717) is 16.9 Å². The van der Waals surface area contributed by atoms with Gasteiger partial charge in [0.05, 0.1) is 18.6 Å². The highest BCUT2D eigenvalue weighted by Gasteiger charge is 2.43. The molecule has 8 nitrogen and oxygen atoms in total. The maximum absolute atomic E-state index is 9.97. The number of fused-ring (bicyclic) bond motifs is 1. The second-order valence-corrected chi connectivity index (χ2v) is 4.45. The van der Waals surface area contributed by atoms with E-state index in [1.54, 1.807) is 6.07 Å². The summed E-state index contributed by atoms with van der Waals surface area (Å²) >= 11 is 0. The maximum atomic E-state index is 9.97. The molecule has 1 saturated heterocycles. The van der Waals surface area contributed by atoms with Crippen molar-refractivity contribution in [1.29, 1.82) is 0 Å². The number of rotatable bonds is 2. The van der Waals surface area contributed by atoms with Gasteiger partial charge in [0.15, 0.2) is 11.9 Å². The number of nitrogen functional groups attached to an aromatic ring is 1. The second kappa shape index (κ2) is 4.42. The quantitative estimate of drug-likeness (QED) is 0.528. The molecule has 1 aliphatic rings. The summed E-state index contributed by atoms with van der Waals surface area (Å²) in [5, 5.41) is 28.8. The van der Waals surface area contributed by atoms with Crippen molar-refractivity contribution < 1.29 is 20.1 Å². The second-order valence-electron chi connectivity index (χ2n) is 4.45. The van der Waals surface area contributed by atoms with Crippen LogP contribution in [0.5, 0.6) is 0 Å². The van der Waals surface area contributed by atoms with Gasteiger partial charge in [-0.05, 0) is 6.07 Å². The number of aliphatic hydroxyl groups excluding tert-OH is 3. The van der Waals surface area contributed by atoms with Gasteiger partial charge in [-0.25, -0.2) is 9.97 Å². The Balaban J connectivity index is 2.04. The van der Waals surface area contributed by atoms with Gasteiger partial charge in [-0.2, -0.15) is 0 Å². The predicted octanol–water partition coefficient (Wildman–Crippen LogP) is -1.38. The minimum Gasteiger partial charge on any atom is -0.397 e. The standard InChI is InChI=1S/C11H14N4O4/c12-5-1-2-13-10-7(5)14-4-15(10)11-9(18)8(17)6(3-16)19-11/h1-2,4,6,8-9,11,16-18H,3H2,(H2,12,13)/t6-,8-,9-,11?/m1/s1. The Morgan fingerprint density at radius 1 is 1.32 bits per heavy atom. The molecule has 3 rings (SSSR count). The van der Waals surface area contributed by atoms with Gasteiger partial charge in [0, 0.05) is 6.20 Å². The van der Waals surface area contributed by atoms with Crippen LogP contribution in [-0.2, 0) is 4.74 Å². The number of imidazole rings is 1. The summed E-state index contributed by atoms with van der Waals surface area (Å²) in [5.41, 5.74) is 7.20. The van der Waals surface area contributed by atoms with Crippen molar-refractivity contribution >= 4 is 16.9 Å². The number of aliphatic hydroxyl groups is 3. The number of hydrogen-bond donors (Lipinski definition) is 4. The lowest BCUT2D eigenvalue weighted by atomic mass is 10.1. The van der Waals surface area contributed by atoms with Gasteiger partial charge in [-0.15, -0.1) is 0 Å². The first-order valence-electron chi connectivity index (χ1n) is 5.83. The van der Waals surface area contributed by atoms with Crippen molar-refractivity contribution in [2.45, 2.75) is 24.5 Å². The van der Waals surface area contributed by atoms with Crippen molar-refractivity contribution in [3.8, 4) is 0 Å². The summed E-state index contributed by atoms with van der Waals surface area (Å²) < 4.78 is 6.91. The highest BCUT2D eigenvalue weighted by atomic mass is 16.6. The summed E-state index contributed by atoms with van der Waals surface area (Å²) in [5.74, 6) is 0. The molecule has 1 unspecified atom stereocenters. The van der Waals surface area contributed by atoms with Crippen molar-refractivity contribution in [3.63, 3.8) is 0 Å². The van der Waals surface area contributed by atoms with Crippen LogP contribution in [0.25, 0.3) is 11.2 Å². The minimum absolute atomic E-state index is 0.378. The van der Waals surface area contributed by atoms with Crippen LogP contribution < -0.4 is 5.73 Å². The summed E-state index contributed by atoms with van der Waals surface area (Å²) in [6, 6.07) is 1.62. The van der Waals surface area contributed by atoms with Crippen molar-refractivity contribution in [2.24, 2.45) is 0 Å². The fourth-order valence-electron chi connectivity index (χ4n) is 2.25. The van der Waals surface area contributed by atoms with Gasteiger partial charge < -0.3 is 25.8 Å². The molecule has 0 aromatic carbocycles. The number of hydrogen-bond acceptors (Lipinski definition) is 7. The monoisotopic (exact) mass is 266 g/mol. The molecule has 0 aliphatic carbocycles. The Morgan fingerprint density at radius 2 is 2.11 bits per heavy atom. The molecular formula is C11H14N4O4. The van der Waals surface area contributed by atoms with E-state index in [0.717, 1.165) is 0 Å². The van der Waals surface area contributed by atoms with E-state index >= 15 is 0 Å². The van der Waals surface area contributed by atoms with Crippen LogP contribution in [0.4, 0.5) is 5.69 Å². The molecule has 4 atom stereocenters. The topological polar surface area (TPSA) is 127 Å². The predicted molar refractivity (Wildman–Crippen MR) is 64.9 cm³/mol. The Bertz CT molecular complexity index is 601. The number of anilines is 1. The third-order valence-corrected chi connectivity index (χ3v) is 3.28. The Morgan fingerprint density at radius 3 is 2.79 bits per heavy atom. The summed E-state index contributed by atoms with van der Waals surface area (Å²) in [6.45, 7) is -0.378. The number of nitrogens with two attached hydrogens (primary N) is 1. The van der Waals surface area contributed by atoms with Crippen LogP contribution in [0.1, 0.15) is 6.23 Å². The average Bonchev–Trinajstić information content (AvgIpc) is 2.94. The van der Waals surface area contributed by atoms with Crippen molar-refractivity contribution in [2.75, 3.05) is 12.3 Å². The molecule has 0 bridgehead atoms. The summed E-state index contributed by atoms with van der Waals surface area (Å²) in [4.78, 5) is 8.26. The SMILES string of the molecule is Nc1ccnc2c1ncn2C1O[C@H](CO)[C@@H](O)[C@H]1O. The zero-order chi connectivity index (χ0) is 13.6. The molecule has 0 amide bonds. The number of aromatic nitrogens is 3. The van der Waals surface area contributed by atoms with Crippen LogP contribution >= 0.6 is 0 Å². The van der Waals surface area contributed by atoms with Crippen LogP contribution in [0.3, 0.4) is 0 Å². The number of ether oxygens (including phenoxy) is 1. The van der Waals surface area contributed by atoms with Gasteiger partial charge in [-0.3, -0.25) is 4.57 Å². The molecule has 19 heavy (non-hydrogen) atoms. The maximum Gasteiger partial charge on any atom is 0.165 e. The molecule has 0 radical (unpaired) electrons. The van der Waals surface area contributed by atoms with Gasteiger partial charge in [0.1, 0.15) is 23.8 Å². The van der Waals surface area contributed by atoms with Crippen LogP contribution in [-0.4, -0.2) is 54.8 Å². The normalized spacial score (nSPS) is 31.1. The molecule has 5 N–H and O–H groups in total. The molecular weight excluding hydrogens is 252 g/mol. The lowest BCUT2D eigenvalue weighted by Crippen LogP contribution is -2.33. The van der Waals surface area contributed by atoms with Crippen molar-refractivity contribution in [3.05, 3.63) is 18.6 Å². The molecule has 102 valence electrons. The smallest absolute Gasteiger partial charge is 0.165 e. The average molecular weight is 266 g/mol. The Hall–Kier alpha value is -1.74. The highest BCUT2D eigenvalue weighted by Crippen LogP contribution is 2.31. The van der Waals surface area contributed by atoms with Crippen LogP contribution in [0, 0.1) is 0 Å². The van der Waals surface area contributed by atoms with Crippen LogP contribution in [0.2, 0.25) is 0 Å². The third-order valence-electron chi connectivity index (χ3n) is 3.28. The lowest BCUT2D eigenvalue weighted by molar-refractivity contribution is -0.0511. The number of nitrogens with zero attached hydrogens (tertiary/aromatic N) is 3. The first-order valence-corrected chi connectivity index (χ1v) is 5.83. The Labute approximate surface area is 108 Å².